The first kappa shape index (κ1) is 20.0. The van der Waals surface area contributed by atoms with Gasteiger partial charge in [0.05, 0.1) is 5.69 Å². The second kappa shape index (κ2) is 8.24. The van der Waals surface area contributed by atoms with Crippen molar-refractivity contribution in [3.05, 3.63) is 98.7 Å². The summed E-state index contributed by atoms with van der Waals surface area (Å²) < 4.78 is 15.6. The molecule has 0 spiro atoms. The lowest BCUT2D eigenvalue weighted by Gasteiger charge is -2.15. The van der Waals surface area contributed by atoms with E-state index in [0.29, 0.717) is 29.9 Å². The molecule has 30 heavy (non-hydrogen) atoms. The van der Waals surface area contributed by atoms with Crippen LogP contribution in [0.25, 0.3) is 16.3 Å². The molecule has 0 fully saturated rings. The molecule has 1 N–H and O–H groups in total. The third kappa shape index (κ3) is 3.78. The van der Waals surface area contributed by atoms with Crippen molar-refractivity contribution in [3.63, 3.8) is 0 Å². The average molecular weight is 421 g/mol. The molecule has 0 bridgehead atoms. The molecule has 2 aromatic carbocycles. The van der Waals surface area contributed by atoms with Gasteiger partial charge in [0, 0.05) is 11.1 Å². The zero-order valence-corrected chi connectivity index (χ0v) is 17.5. The van der Waals surface area contributed by atoms with Crippen molar-refractivity contribution in [2.75, 3.05) is 0 Å². The summed E-state index contributed by atoms with van der Waals surface area (Å²) in [7, 11) is 0. The van der Waals surface area contributed by atoms with E-state index in [1.807, 2.05) is 48.7 Å². The Labute approximate surface area is 177 Å². The summed E-state index contributed by atoms with van der Waals surface area (Å²) in [4.78, 5) is 18.2. The second-order valence-corrected chi connectivity index (χ2v) is 8.10. The molecular weight excluding hydrogens is 399 g/mol. The van der Waals surface area contributed by atoms with Gasteiger partial charge in [-0.3, -0.25) is 9.36 Å². The minimum atomic E-state index is -0.737. The molecule has 152 valence electrons. The van der Waals surface area contributed by atoms with Gasteiger partial charge in [-0.15, -0.1) is 11.3 Å². The maximum atomic E-state index is 14.0. The van der Waals surface area contributed by atoms with Crippen LogP contribution in [0.15, 0.2) is 64.8 Å². The summed E-state index contributed by atoms with van der Waals surface area (Å²) in [6.07, 6.45) is 1.05. The number of halogens is 1. The zero-order valence-electron chi connectivity index (χ0n) is 16.7. The van der Waals surface area contributed by atoms with E-state index in [-0.39, 0.29) is 11.1 Å². The van der Waals surface area contributed by atoms with Crippen LogP contribution in [0.2, 0.25) is 0 Å². The Morgan fingerprint density at radius 3 is 2.53 bits per heavy atom. The van der Waals surface area contributed by atoms with Crippen LogP contribution in [0.5, 0.6) is 5.75 Å². The average Bonchev–Trinajstić information content (AvgIpc) is 3.15. The van der Waals surface area contributed by atoms with Gasteiger partial charge < -0.3 is 5.11 Å². The van der Waals surface area contributed by atoms with Crippen LogP contribution in [0.1, 0.15) is 22.5 Å². The SMILES string of the molecule is Cc1csc(-n2c(C)nc(-c3cccc(F)c3O)c(CCc3ccccc3)c2=O)c1. The molecule has 6 heteroatoms. The number of hydrogen-bond acceptors (Lipinski definition) is 4. The molecule has 4 aromatic rings. The Hall–Kier alpha value is -3.25. The molecule has 4 nitrogen and oxygen atoms in total. The molecule has 0 saturated carbocycles. The van der Waals surface area contributed by atoms with Crippen LogP contribution in [0, 0.1) is 19.7 Å². The van der Waals surface area contributed by atoms with Crippen molar-refractivity contribution >= 4 is 11.3 Å². The monoisotopic (exact) mass is 420 g/mol. The minimum Gasteiger partial charge on any atom is -0.504 e. The van der Waals surface area contributed by atoms with Gasteiger partial charge >= 0.3 is 0 Å². The number of thiophene rings is 1. The highest BCUT2D eigenvalue weighted by molar-refractivity contribution is 7.12. The van der Waals surface area contributed by atoms with E-state index < -0.39 is 11.6 Å². The van der Waals surface area contributed by atoms with Gasteiger partial charge in [-0.05, 0) is 61.4 Å². The summed E-state index contributed by atoms with van der Waals surface area (Å²) in [5, 5.41) is 13.1. The number of aromatic nitrogens is 2. The van der Waals surface area contributed by atoms with Crippen molar-refractivity contribution in [3.8, 4) is 22.0 Å². The quantitative estimate of drug-likeness (QED) is 0.482. The molecule has 0 saturated heterocycles. The normalized spacial score (nSPS) is 11.0. The highest BCUT2D eigenvalue weighted by Gasteiger charge is 2.21. The van der Waals surface area contributed by atoms with Gasteiger partial charge in [0.25, 0.3) is 5.56 Å². The lowest BCUT2D eigenvalue weighted by molar-refractivity contribution is 0.434. The maximum Gasteiger partial charge on any atom is 0.262 e. The number of hydrogen-bond donors (Lipinski definition) is 1. The van der Waals surface area contributed by atoms with E-state index in [0.717, 1.165) is 16.1 Å². The fourth-order valence-corrected chi connectivity index (χ4v) is 4.47. The standard InChI is InChI=1S/C24H21FN2O2S/c1-15-13-21(30-14-15)27-16(2)26-22(18-9-6-10-20(25)23(18)28)19(24(27)29)12-11-17-7-4-3-5-8-17/h3-10,13-14,28H,11-12H2,1-2H3. The van der Waals surface area contributed by atoms with Crippen molar-refractivity contribution < 1.29 is 9.50 Å². The predicted molar refractivity (Wildman–Crippen MR) is 118 cm³/mol. The fourth-order valence-electron chi connectivity index (χ4n) is 3.52. The smallest absolute Gasteiger partial charge is 0.262 e. The maximum absolute atomic E-state index is 14.0. The van der Waals surface area contributed by atoms with Gasteiger partial charge in [-0.2, -0.15) is 0 Å². The zero-order chi connectivity index (χ0) is 21.3. The number of rotatable bonds is 5. The number of aryl methyl sites for hydroxylation is 3. The predicted octanol–water partition coefficient (Wildman–Crippen LogP) is 5.21. The summed E-state index contributed by atoms with van der Waals surface area (Å²) in [5.41, 5.74) is 2.97. The molecule has 0 atom stereocenters. The molecule has 0 amide bonds. The summed E-state index contributed by atoms with van der Waals surface area (Å²) in [5.74, 6) is -0.738. The van der Waals surface area contributed by atoms with E-state index in [2.05, 4.69) is 4.98 Å². The molecular formula is C24H21FN2O2S. The van der Waals surface area contributed by atoms with Gasteiger partial charge in [-0.1, -0.05) is 36.4 Å². The van der Waals surface area contributed by atoms with Crippen molar-refractivity contribution in [2.24, 2.45) is 0 Å². The third-order valence-electron chi connectivity index (χ3n) is 5.03. The molecule has 2 aromatic heterocycles. The largest absolute Gasteiger partial charge is 0.504 e. The van der Waals surface area contributed by atoms with Crippen molar-refractivity contribution in [1.29, 1.82) is 0 Å². The van der Waals surface area contributed by atoms with E-state index in [9.17, 15) is 14.3 Å². The van der Waals surface area contributed by atoms with Gasteiger partial charge in [0.15, 0.2) is 11.6 Å². The van der Waals surface area contributed by atoms with Crippen LogP contribution in [-0.2, 0) is 12.8 Å². The molecule has 0 aliphatic heterocycles. The molecule has 4 rings (SSSR count). The number of nitrogens with zero attached hydrogens (tertiary/aromatic N) is 2. The number of aromatic hydroxyl groups is 1. The number of phenolic OH excluding ortho intramolecular Hbond substituents is 1. The molecule has 2 heterocycles. The van der Waals surface area contributed by atoms with E-state index in [1.165, 1.54) is 23.5 Å². The van der Waals surface area contributed by atoms with Gasteiger partial charge in [0.2, 0.25) is 0 Å². The van der Waals surface area contributed by atoms with Gasteiger partial charge in [0.1, 0.15) is 10.8 Å². The Kier molecular flexibility index (Phi) is 5.50. The summed E-state index contributed by atoms with van der Waals surface area (Å²) >= 11 is 1.47. The first-order chi connectivity index (χ1) is 14.5. The molecule has 0 aliphatic carbocycles. The topological polar surface area (TPSA) is 55.1 Å². The highest BCUT2D eigenvalue weighted by atomic mass is 32.1. The van der Waals surface area contributed by atoms with E-state index in [4.69, 9.17) is 0 Å². The minimum absolute atomic E-state index is 0.195. The first-order valence-electron chi connectivity index (χ1n) is 9.65. The number of para-hydroxylation sites is 1. The molecule has 0 radical (unpaired) electrons. The first-order valence-corrected chi connectivity index (χ1v) is 10.5. The third-order valence-corrected chi connectivity index (χ3v) is 6.06. The Balaban J connectivity index is 1.90. The van der Waals surface area contributed by atoms with Crippen LogP contribution in [0.3, 0.4) is 0 Å². The Bertz CT molecular complexity index is 1260. The Morgan fingerprint density at radius 2 is 1.83 bits per heavy atom. The summed E-state index contributed by atoms with van der Waals surface area (Å²) in [6.45, 7) is 3.72. The van der Waals surface area contributed by atoms with Crippen molar-refractivity contribution in [2.45, 2.75) is 26.7 Å². The van der Waals surface area contributed by atoms with E-state index >= 15 is 0 Å². The Morgan fingerprint density at radius 1 is 1.07 bits per heavy atom. The number of benzene rings is 2. The molecule has 0 unspecified atom stereocenters. The van der Waals surface area contributed by atoms with Crippen LogP contribution >= 0.6 is 11.3 Å². The van der Waals surface area contributed by atoms with Crippen molar-refractivity contribution in [1.82, 2.24) is 9.55 Å². The lowest BCUT2D eigenvalue weighted by atomic mass is 9.99. The van der Waals surface area contributed by atoms with E-state index in [1.54, 1.807) is 17.6 Å². The van der Waals surface area contributed by atoms with Crippen LogP contribution in [-0.4, -0.2) is 14.7 Å². The van der Waals surface area contributed by atoms with Crippen LogP contribution in [0.4, 0.5) is 4.39 Å². The lowest BCUT2D eigenvalue weighted by Crippen LogP contribution is -2.26. The van der Waals surface area contributed by atoms with Crippen LogP contribution < -0.4 is 5.56 Å². The van der Waals surface area contributed by atoms with Gasteiger partial charge in [-0.25, -0.2) is 9.37 Å². The fraction of sp³-hybridized carbons (Fsp3) is 0.167. The number of phenols is 1. The highest BCUT2D eigenvalue weighted by Crippen LogP contribution is 2.32. The summed E-state index contributed by atoms with van der Waals surface area (Å²) in [6, 6.07) is 16.1. The molecule has 0 aliphatic rings. The second-order valence-electron chi connectivity index (χ2n) is 7.21.